The zero-order valence-corrected chi connectivity index (χ0v) is 17.0. The maximum absolute atomic E-state index is 12.6. The highest BCUT2D eigenvalue weighted by Gasteiger charge is 2.28. The van der Waals surface area contributed by atoms with E-state index in [1.54, 1.807) is 0 Å². The molecule has 27 heavy (non-hydrogen) atoms. The molecule has 0 saturated carbocycles. The standard InChI is InChI=1S/C20H29N3O3.ClH/c1-14(2)26-17-3-4-18-19(13-17)23(20(24)21-18)16-5-9-22(10-6-16)15-7-11-25-12-8-15;/h3-4,13-16H,5-12H2,1-2H3,(H,21,24);1H. The van der Waals surface area contributed by atoms with Crippen LogP contribution >= 0.6 is 12.4 Å². The molecule has 0 atom stereocenters. The lowest BCUT2D eigenvalue weighted by molar-refractivity contribution is 0.0220. The SMILES string of the molecule is CC(C)Oc1ccc2[nH]c(=O)n(C3CCN(C4CCOCC4)CC3)c2c1.Cl. The second-order valence-corrected chi connectivity index (χ2v) is 7.76. The zero-order chi connectivity index (χ0) is 18.1. The Balaban J connectivity index is 0.00000210. The van der Waals surface area contributed by atoms with E-state index in [2.05, 4.69) is 9.88 Å². The number of nitrogens with one attached hydrogen (secondary N) is 1. The van der Waals surface area contributed by atoms with Crippen LogP contribution in [0.25, 0.3) is 11.0 Å². The summed E-state index contributed by atoms with van der Waals surface area (Å²) in [7, 11) is 0. The number of aromatic amines is 1. The third-order valence-corrected chi connectivity index (χ3v) is 5.63. The van der Waals surface area contributed by atoms with E-state index in [0.29, 0.717) is 6.04 Å². The highest BCUT2D eigenvalue weighted by molar-refractivity contribution is 5.85. The molecular weight excluding hydrogens is 366 g/mol. The van der Waals surface area contributed by atoms with Gasteiger partial charge in [-0.05, 0) is 51.7 Å². The van der Waals surface area contributed by atoms with Gasteiger partial charge in [0, 0.05) is 44.5 Å². The smallest absolute Gasteiger partial charge is 0.326 e. The molecule has 2 saturated heterocycles. The van der Waals surface area contributed by atoms with Gasteiger partial charge in [-0.2, -0.15) is 0 Å². The summed E-state index contributed by atoms with van der Waals surface area (Å²) in [6.07, 6.45) is 4.41. The Morgan fingerprint density at radius 3 is 2.48 bits per heavy atom. The van der Waals surface area contributed by atoms with Gasteiger partial charge in [-0.15, -0.1) is 12.4 Å². The van der Waals surface area contributed by atoms with Gasteiger partial charge >= 0.3 is 5.69 Å². The van der Waals surface area contributed by atoms with Crippen molar-refractivity contribution in [3.63, 3.8) is 0 Å². The van der Waals surface area contributed by atoms with E-state index in [4.69, 9.17) is 9.47 Å². The van der Waals surface area contributed by atoms with Gasteiger partial charge in [-0.1, -0.05) is 0 Å². The molecule has 2 aromatic rings. The van der Waals surface area contributed by atoms with Crippen molar-refractivity contribution in [1.82, 2.24) is 14.5 Å². The molecule has 0 spiro atoms. The predicted molar refractivity (Wildman–Crippen MR) is 109 cm³/mol. The summed E-state index contributed by atoms with van der Waals surface area (Å²) in [6.45, 7) is 7.89. The van der Waals surface area contributed by atoms with Gasteiger partial charge in [0.2, 0.25) is 0 Å². The van der Waals surface area contributed by atoms with Crippen LogP contribution in [0.2, 0.25) is 0 Å². The fourth-order valence-corrected chi connectivity index (χ4v) is 4.37. The first-order valence-electron chi connectivity index (χ1n) is 9.84. The van der Waals surface area contributed by atoms with Crippen molar-refractivity contribution in [2.75, 3.05) is 26.3 Å². The molecule has 0 amide bonds. The number of ether oxygens (including phenoxy) is 2. The number of H-pyrrole nitrogens is 1. The quantitative estimate of drug-likeness (QED) is 0.862. The Kier molecular flexibility index (Phi) is 6.50. The summed E-state index contributed by atoms with van der Waals surface area (Å²) in [5.41, 5.74) is 1.84. The topological polar surface area (TPSA) is 59.5 Å². The van der Waals surface area contributed by atoms with Crippen LogP contribution < -0.4 is 10.4 Å². The second-order valence-electron chi connectivity index (χ2n) is 7.76. The van der Waals surface area contributed by atoms with Crippen LogP contribution in [0.4, 0.5) is 0 Å². The summed E-state index contributed by atoms with van der Waals surface area (Å²) in [4.78, 5) is 18.2. The second kappa shape index (κ2) is 8.67. The van der Waals surface area contributed by atoms with Crippen LogP contribution in [0.1, 0.15) is 45.6 Å². The summed E-state index contributed by atoms with van der Waals surface area (Å²) in [5.74, 6) is 0.819. The minimum absolute atomic E-state index is 0. The minimum Gasteiger partial charge on any atom is -0.491 e. The zero-order valence-electron chi connectivity index (χ0n) is 16.1. The largest absolute Gasteiger partial charge is 0.491 e. The average Bonchev–Trinajstić information content (AvgIpc) is 2.97. The molecule has 6 nitrogen and oxygen atoms in total. The fourth-order valence-electron chi connectivity index (χ4n) is 4.37. The van der Waals surface area contributed by atoms with Crippen LogP contribution in [-0.2, 0) is 4.74 Å². The molecule has 0 aliphatic carbocycles. The first-order valence-corrected chi connectivity index (χ1v) is 9.84. The van der Waals surface area contributed by atoms with E-state index in [-0.39, 0.29) is 30.2 Å². The van der Waals surface area contributed by atoms with Crippen LogP contribution in [0.3, 0.4) is 0 Å². The van der Waals surface area contributed by atoms with Crippen LogP contribution in [0.5, 0.6) is 5.75 Å². The van der Waals surface area contributed by atoms with Crippen LogP contribution in [0, 0.1) is 0 Å². The number of likely N-dealkylation sites (tertiary alicyclic amines) is 1. The maximum atomic E-state index is 12.6. The van der Waals surface area contributed by atoms with E-state index in [0.717, 1.165) is 68.8 Å². The van der Waals surface area contributed by atoms with Gasteiger partial charge in [0.25, 0.3) is 0 Å². The first-order chi connectivity index (χ1) is 12.6. The molecule has 0 unspecified atom stereocenters. The molecule has 2 aliphatic rings. The third-order valence-electron chi connectivity index (χ3n) is 5.63. The van der Waals surface area contributed by atoms with Crippen molar-refractivity contribution in [3.8, 4) is 5.75 Å². The van der Waals surface area contributed by atoms with E-state index in [1.807, 2.05) is 36.6 Å². The number of aromatic nitrogens is 2. The monoisotopic (exact) mass is 395 g/mol. The fraction of sp³-hybridized carbons (Fsp3) is 0.650. The highest BCUT2D eigenvalue weighted by Crippen LogP contribution is 2.29. The Morgan fingerprint density at radius 1 is 1.11 bits per heavy atom. The molecule has 2 fully saturated rings. The number of fused-ring (bicyclic) bond motifs is 1. The number of imidazole rings is 1. The molecule has 150 valence electrons. The first kappa shape index (κ1) is 20.2. The molecule has 7 heteroatoms. The molecule has 1 aromatic heterocycles. The van der Waals surface area contributed by atoms with Crippen LogP contribution in [-0.4, -0.2) is 52.9 Å². The average molecular weight is 396 g/mol. The van der Waals surface area contributed by atoms with Crippen molar-refractivity contribution in [2.24, 2.45) is 0 Å². The molecule has 4 rings (SSSR count). The summed E-state index contributed by atoms with van der Waals surface area (Å²) < 4.78 is 13.3. The number of hydrogen-bond donors (Lipinski definition) is 1. The van der Waals surface area contributed by atoms with Crippen LogP contribution in [0.15, 0.2) is 23.0 Å². The number of hydrogen-bond acceptors (Lipinski definition) is 4. The Morgan fingerprint density at radius 2 is 1.81 bits per heavy atom. The predicted octanol–water partition coefficient (Wildman–Crippen LogP) is 3.35. The lowest BCUT2D eigenvalue weighted by Gasteiger charge is -2.39. The molecular formula is C20H30ClN3O3. The maximum Gasteiger partial charge on any atom is 0.326 e. The van der Waals surface area contributed by atoms with Gasteiger partial charge in [0.05, 0.1) is 17.1 Å². The summed E-state index contributed by atoms with van der Waals surface area (Å²) in [5, 5.41) is 0. The molecule has 0 bridgehead atoms. The van der Waals surface area contributed by atoms with Gasteiger partial charge in [0.1, 0.15) is 5.75 Å². The molecule has 2 aliphatic heterocycles. The van der Waals surface area contributed by atoms with Crippen molar-refractivity contribution < 1.29 is 9.47 Å². The van der Waals surface area contributed by atoms with Gasteiger partial charge in [-0.3, -0.25) is 4.57 Å². The minimum atomic E-state index is -0.00814. The number of benzene rings is 1. The van der Waals surface area contributed by atoms with E-state index < -0.39 is 0 Å². The molecule has 3 heterocycles. The number of piperidine rings is 1. The van der Waals surface area contributed by atoms with E-state index >= 15 is 0 Å². The third kappa shape index (κ3) is 4.33. The number of rotatable bonds is 4. The van der Waals surface area contributed by atoms with Gasteiger partial charge in [0.15, 0.2) is 0 Å². The Hall–Kier alpha value is -1.50. The number of halogens is 1. The van der Waals surface area contributed by atoms with Crippen molar-refractivity contribution in [3.05, 3.63) is 28.7 Å². The molecule has 0 radical (unpaired) electrons. The van der Waals surface area contributed by atoms with Crippen molar-refractivity contribution >= 4 is 23.4 Å². The normalized spacial score (nSPS) is 20.1. The van der Waals surface area contributed by atoms with Gasteiger partial charge < -0.3 is 19.4 Å². The molecule has 1 aromatic carbocycles. The lowest BCUT2D eigenvalue weighted by Crippen LogP contribution is -2.45. The lowest BCUT2D eigenvalue weighted by atomic mass is 9.99. The van der Waals surface area contributed by atoms with Crippen molar-refractivity contribution in [1.29, 1.82) is 0 Å². The highest BCUT2D eigenvalue weighted by atomic mass is 35.5. The summed E-state index contributed by atoms with van der Waals surface area (Å²) in [6, 6.07) is 6.77. The van der Waals surface area contributed by atoms with Gasteiger partial charge in [-0.25, -0.2) is 4.79 Å². The van der Waals surface area contributed by atoms with E-state index in [1.165, 1.54) is 0 Å². The Bertz CT molecular complexity index is 802. The molecule has 1 N–H and O–H groups in total. The van der Waals surface area contributed by atoms with E-state index in [9.17, 15) is 4.79 Å². The Labute approximate surface area is 166 Å². The van der Waals surface area contributed by atoms with Crippen molar-refractivity contribution in [2.45, 2.75) is 57.7 Å². The summed E-state index contributed by atoms with van der Waals surface area (Å²) >= 11 is 0. The number of nitrogens with zero attached hydrogens (tertiary/aromatic N) is 2.